The van der Waals surface area contributed by atoms with Crippen LogP contribution < -0.4 is 0 Å². The molecule has 200 valence electrons. The van der Waals surface area contributed by atoms with Crippen LogP contribution in [0.2, 0.25) is 0 Å². The molecule has 1 saturated carbocycles. The molecule has 3 aliphatic rings. The quantitative estimate of drug-likeness (QED) is 0.279. The van der Waals surface area contributed by atoms with Crippen LogP contribution in [-0.2, 0) is 12.8 Å². The molecule has 0 heterocycles. The van der Waals surface area contributed by atoms with Crippen molar-refractivity contribution in [2.45, 2.75) is 51.4 Å². The Hall–Kier alpha value is -4.04. The van der Waals surface area contributed by atoms with Crippen molar-refractivity contribution in [2.24, 2.45) is 11.8 Å². The van der Waals surface area contributed by atoms with Crippen LogP contribution >= 0.6 is 0 Å². The van der Waals surface area contributed by atoms with Gasteiger partial charge in [-0.3, -0.25) is 0 Å². The highest BCUT2D eigenvalue weighted by molar-refractivity contribution is 5.89. The van der Waals surface area contributed by atoms with E-state index in [4.69, 9.17) is 0 Å². The SMILES string of the molecule is OC1=C(c2c(O)c(-c3cc(-c4ccccc4)cc(-c4ccccc4)c3)cc3c2CCCC3)C2CCCCC2C=C1. The van der Waals surface area contributed by atoms with Crippen LogP contribution in [0.15, 0.2) is 103 Å². The minimum atomic E-state index is 0.265. The second-order valence-corrected chi connectivity index (χ2v) is 11.7. The van der Waals surface area contributed by atoms with E-state index in [-0.39, 0.29) is 5.92 Å². The van der Waals surface area contributed by atoms with Crippen molar-refractivity contribution in [3.63, 3.8) is 0 Å². The predicted octanol–water partition coefficient (Wildman–Crippen LogP) is 9.92. The number of phenols is 1. The molecule has 2 unspecified atom stereocenters. The number of allylic oxidation sites excluding steroid dienone is 3. The van der Waals surface area contributed by atoms with Gasteiger partial charge in [-0.2, -0.15) is 0 Å². The summed E-state index contributed by atoms with van der Waals surface area (Å²) in [5.41, 5.74) is 10.9. The molecule has 2 nitrogen and oxygen atoms in total. The molecule has 2 N–H and O–H groups in total. The van der Waals surface area contributed by atoms with Gasteiger partial charge in [0.1, 0.15) is 11.5 Å². The van der Waals surface area contributed by atoms with Gasteiger partial charge in [0.05, 0.1) is 0 Å². The van der Waals surface area contributed by atoms with Gasteiger partial charge in [0, 0.05) is 16.7 Å². The second-order valence-electron chi connectivity index (χ2n) is 11.7. The summed E-state index contributed by atoms with van der Waals surface area (Å²) in [7, 11) is 0. The summed E-state index contributed by atoms with van der Waals surface area (Å²) in [6.45, 7) is 0. The third-order valence-corrected chi connectivity index (χ3v) is 9.32. The number of aliphatic hydroxyl groups is 1. The molecule has 1 fully saturated rings. The van der Waals surface area contributed by atoms with Gasteiger partial charge in [-0.25, -0.2) is 0 Å². The molecule has 40 heavy (non-hydrogen) atoms. The number of aliphatic hydroxyl groups excluding tert-OH is 1. The molecule has 2 atom stereocenters. The van der Waals surface area contributed by atoms with Crippen molar-refractivity contribution >= 4 is 5.57 Å². The zero-order chi connectivity index (χ0) is 27.1. The Kier molecular flexibility index (Phi) is 6.55. The van der Waals surface area contributed by atoms with Crippen LogP contribution in [0.4, 0.5) is 0 Å². The van der Waals surface area contributed by atoms with Crippen molar-refractivity contribution in [2.75, 3.05) is 0 Å². The lowest BCUT2D eigenvalue weighted by atomic mass is 9.68. The number of fused-ring (bicyclic) bond motifs is 2. The lowest BCUT2D eigenvalue weighted by Crippen LogP contribution is -2.24. The molecule has 4 aromatic carbocycles. The summed E-state index contributed by atoms with van der Waals surface area (Å²) in [4.78, 5) is 0. The third-order valence-electron chi connectivity index (χ3n) is 9.32. The van der Waals surface area contributed by atoms with E-state index in [0.717, 1.165) is 83.0 Å². The number of benzene rings is 4. The van der Waals surface area contributed by atoms with Gasteiger partial charge in [-0.05, 0) is 120 Å². The van der Waals surface area contributed by atoms with E-state index in [1.54, 1.807) is 0 Å². The van der Waals surface area contributed by atoms with E-state index >= 15 is 0 Å². The fourth-order valence-electron chi connectivity index (χ4n) is 7.34. The van der Waals surface area contributed by atoms with E-state index in [0.29, 0.717) is 17.4 Å². The Morgan fingerprint density at radius 1 is 0.600 bits per heavy atom. The average Bonchev–Trinajstić information content (AvgIpc) is 3.02. The molecule has 0 saturated heterocycles. The van der Waals surface area contributed by atoms with Crippen LogP contribution in [-0.4, -0.2) is 10.2 Å². The second kappa shape index (κ2) is 10.5. The maximum atomic E-state index is 12.2. The Morgan fingerprint density at radius 3 is 1.93 bits per heavy atom. The van der Waals surface area contributed by atoms with Crippen molar-refractivity contribution in [3.05, 3.63) is 120 Å². The van der Waals surface area contributed by atoms with Crippen LogP contribution in [0.25, 0.3) is 39.0 Å². The third kappa shape index (κ3) is 4.46. The number of aryl methyl sites for hydroxylation is 1. The van der Waals surface area contributed by atoms with Gasteiger partial charge >= 0.3 is 0 Å². The molecule has 0 aromatic heterocycles. The highest BCUT2D eigenvalue weighted by Crippen LogP contribution is 2.51. The highest BCUT2D eigenvalue weighted by Gasteiger charge is 2.35. The lowest BCUT2D eigenvalue weighted by molar-refractivity contribution is 0.325. The summed E-state index contributed by atoms with van der Waals surface area (Å²) in [6.07, 6.45) is 13.0. The van der Waals surface area contributed by atoms with E-state index in [1.165, 1.54) is 24.0 Å². The van der Waals surface area contributed by atoms with Gasteiger partial charge in [0.25, 0.3) is 0 Å². The predicted molar refractivity (Wildman–Crippen MR) is 165 cm³/mol. The monoisotopic (exact) mass is 524 g/mol. The first-order chi connectivity index (χ1) is 19.7. The van der Waals surface area contributed by atoms with Crippen molar-refractivity contribution in [1.29, 1.82) is 0 Å². The van der Waals surface area contributed by atoms with Gasteiger partial charge in [0.15, 0.2) is 0 Å². The maximum absolute atomic E-state index is 12.2. The normalized spacial score (nSPS) is 20.2. The molecule has 0 amide bonds. The smallest absolute Gasteiger partial charge is 0.131 e. The summed E-state index contributed by atoms with van der Waals surface area (Å²) in [5.74, 6) is 1.37. The van der Waals surface area contributed by atoms with Crippen LogP contribution in [0.3, 0.4) is 0 Å². The largest absolute Gasteiger partial charge is 0.508 e. The Balaban J connectivity index is 1.47. The number of phenolic OH excluding ortho intramolecular Hbond substituents is 1. The van der Waals surface area contributed by atoms with Crippen LogP contribution in [0, 0.1) is 11.8 Å². The highest BCUT2D eigenvalue weighted by atomic mass is 16.3. The van der Waals surface area contributed by atoms with Gasteiger partial charge in [0.2, 0.25) is 0 Å². The number of rotatable bonds is 4. The van der Waals surface area contributed by atoms with Gasteiger partial charge in [-0.15, -0.1) is 0 Å². The topological polar surface area (TPSA) is 40.5 Å². The molecular weight excluding hydrogens is 488 g/mol. The van der Waals surface area contributed by atoms with Crippen molar-refractivity contribution in [3.8, 4) is 39.1 Å². The number of hydrogen-bond acceptors (Lipinski definition) is 2. The lowest BCUT2D eigenvalue weighted by Gasteiger charge is -2.36. The molecule has 0 bridgehead atoms. The summed E-state index contributed by atoms with van der Waals surface area (Å²) in [6, 6.07) is 29.9. The molecule has 0 radical (unpaired) electrons. The Morgan fingerprint density at radius 2 is 1.23 bits per heavy atom. The zero-order valence-electron chi connectivity index (χ0n) is 22.9. The van der Waals surface area contributed by atoms with Gasteiger partial charge < -0.3 is 10.2 Å². The Labute approximate surface area is 237 Å². The first kappa shape index (κ1) is 25.0. The van der Waals surface area contributed by atoms with E-state index in [1.807, 2.05) is 18.2 Å². The molecular formula is C38H36O2. The fourth-order valence-corrected chi connectivity index (χ4v) is 7.34. The number of hydrogen-bond donors (Lipinski definition) is 2. The summed E-state index contributed by atoms with van der Waals surface area (Å²) < 4.78 is 0. The van der Waals surface area contributed by atoms with Gasteiger partial charge in [-0.1, -0.05) is 79.6 Å². The number of aromatic hydroxyl groups is 1. The zero-order valence-corrected chi connectivity index (χ0v) is 22.9. The minimum absolute atomic E-state index is 0.265. The van der Waals surface area contributed by atoms with E-state index < -0.39 is 0 Å². The molecule has 0 aliphatic heterocycles. The molecule has 3 aliphatic carbocycles. The molecule has 7 rings (SSSR count). The van der Waals surface area contributed by atoms with Crippen LogP contribution in [0.1, 0.15) is 55.2 Å². The summed E-state index contributed by atoms with van der Waals surface area (Å²) in [5, 5.41) is 23.5. The Bertz CT molecular complexity index is 1550. The van der Waals surface area contributed by atoms with E-state index in [9.17, 15) is 10.2 Å². The first-order valence-corrected chi connectivity index (χ1v) is 14.9. The molecule has 0 spiro atoms. The first-order valence-electron chi connectivity index (χ1n) is 14.9. The van der Waals surface area contributed by atoms with Crippen molar-refractivity contribution in [1.82, 2.24) is 0 Å². The molecule has 2 heteroatoms. The van der Waals surface area contributed by atoms with Crippen LogP contribution in [0.5, 0.6) is 5.75 Å². The average molecular weight is 525 g/mol. The standard InChI is InChI=1S/C38H36O2/c39-35-20-19-27-15-7-9-17-32(27)36(35)37-33-18-10-8-16-28(33)24-34(38(37)40)31-22-29(25-11-3-1-4-12-25)21-30(23-31)26-13-5-2-6-14-26/h1-6,11-14,19-24,27,32,39-40H,7-10,15-18H2. The fraction of sp³-hybridized carbons (Fsp3) is 0.263. The van der Waals surface area contributed by atoms with E-state index in [2.05, 4.69) is 78.9 Å². The summed E-state index contributed by atoms with van der Waals surface area (Å²) >= 11 is 0. The minimum Gasteiger partial charge on any atom is -0.508 e. The molecule has 4 aromatic rings. The maximum Gasteiger partial charge on any atom is 0.131 e. The van der Waals surface area contributed by atoms with Crippen molar-refractivity contribution < 1.29 is 10.2 Å².